The zero-order valence-corrected chi connectivity index (χ0v) is 16.4. The Balaban J connectivity index is 2.26. The number of halogens is 9. The third-order valence-corrected chi connectivity index (χ3v) is 5.03. The van der Waals surface area contributed by atoms with Crippen LogP contribution < -0.4 is 10.9 Å². The van der Waals surface area contributed by atoms with Gasteiger partial charge in [0.05, 0.1) is 22.5 Å². The van der Waals surface area contributed by atoms with E-state index in [1.165, 1.54) is 17.7 Å². The molecule has 0 atom stereocenters. The summed E-state index contributed by atoms with van der Waals surface area (Å²) in [5.41, 5.74) is -6.91. The maximum atomic E-state index is 13.4. The molecule has 1 aromatic carbocycles. The summed E-state index contributed by atoms with van der Waals surface area (Å²) in [6.45, 7) is 1.50. The SMILES string of the molecule is Cc1cscc1-n1c(Nc2ccc(C(F)(F)F)cc2C(F)(F)F)nc(C(F)(F)F)cc1=O. The third-order valence-electron chi connectivity index (χ3n) is 4.18. The lowest BCUT2D eigenvalue weighted by atomic mass is 10.1. The first-order chi connectivity index (χ1) is 14.6. The molecule has 0 bridgehead atoms. The molecule has 0 aliphatic carbocycles. The van der Waals surface area contributed by atoms with Crippen LogP contribution in [0.4, 0.5) is 51.1 Å². The molecule has 32 heavy (non-hydrogen) atoms. The average molecular weight is 487 g/mol. The molecule has 0 fully saturated rings. The molecule has 3 rings (SSSR count). The maximum Gasteiger partial charge on any atom is 0.433 e. The van der Waals surface area contributed by atoms with Gasteiger partial charge in [0.2, 0.25) is 5.95 Å². The number of benzene rings is 1. The van der Waals surface area contributed by atoms with Crippen molar-refractivity contribution in [3.05, 3.63) is 67.8 Å². The summed E-state index contributed by atoms with van der Waals surface area (Å²) >= 11 is 1.06. The van der Waals surface area contributed by atoms with E-state index in [-0.39, 0.29) is 17.8 Å². The smallest absolute Gasteiger partial charge is 0.325 e. The van der Waals surface area contributed by atoms with Gasteiger partial charge in [-0.1, -0.05) is 0 Å². The fourth-order valence-corrected chi connectivity index (χ4v) is 3.52. The van der Waals surface area contributed by atoms with E-state index in [4.69, 9.17) is 0 Å². The summed E-state index contributed by atoms with van der Waals surface area (Å²) in [4.78, 5) is 15.7. The van der Waals surface area contributed by atoms with Gasteiger partial charge in [-0.3, -0.25) is 4.79 Å². The molecule has 2 heterocycles. The fourth-order valence-electron chi connectivity index (χ4n) is 2.71. The fraction of sp³-hybridized carbons (Fsp3) is 0.222. The molecule has 0 saturated heterocycles. The highest BCUT2D eigenvalue weighted by Crippen LogP contribution is 2.40. The van der Waals surface area contributed by atoms with Crippen LogP contribution in [0.5, 0.6) is 0 Å². The Morgan fingerprint density at radius 3 is 2.06 bits per heavy atom. The van der Waals surface area contributed by atoms with Gasteiger partial charge in [0.1, 0.15) is 0 Å². The molecular weight excluding hydrogens is 477 g/mol. The molecule has 0 aliphatic rings. The van der Waals surface area contributed by atoms with Gasteiger partial charge in [0, 0.05) is 11.4 Å². The number of aryl methyl sites for hydroxylation is 1. The van der Waals surface area contributed by atoms with Crippen molar-refractivity contribution >= 4 is 23.0 Å². The second-order valence-corrected chi connectivity index (χ2v) is 7.20. The maximum absolute atomic E-state index is 13.4. The van der Waals surface area contributed by atoms with Gasteiger partial charge in [-0.25, -0.2) is 9.55 Å². The monoisotopic (exact) mass is 487 g/mol. The van der Waals surface area contributed by atoms with Gasteiger partial charge < -0.3 is 5.32 Å². The summed E-state index contributed by atoms with van der Waals surface area (Å²) in [5, 5.41) is 4.85. The molecule has 14 heteroatoms. The second-order valence-electron chi connectivity index (χ2n) is 6.46. The molecule has 1 N–H and O–H groups in total. The van der Waals surface area contributed by atoms with E-state index in [1.54, 1.807) is 0 Å². The van der Waals surface area contributed by atoms with Crippen LogP contribution in [0.1, 0.15) is 22.4 Å². The lowest BCUT2D eigenvalue weighted by Crippen LogP contribution is -2.26. The topological polar surface area (TPSA) is 46.9 Å². The largest absolute Gasteiger partial charge is 0.433 e. The van der Waals surface area contributed by atoms with Gasteiger partial charge in [-0.2, -0.15) is 39.5 Å². The summed E-state index contributed by atoms with van der Waals surface area (Å²) in [7, 11) is 0. The van der Waals surface area contributed by atoms with E-state index in [0.717, 1.165) is 11.3 Å². The van der Waals surface area contributed by atoms with Crippen molar-refractivity contribution in [3.63, 3.8) is 0 Å². The first-order valence-electron chi connectivity index (χ1n) is 8.39. The molecule has 0 amide bonds. The lowest BCUT2D eigenvalue weighted by molar-refractivity contribution is -0.143. The number of nitrogens with one attached hydrogen (secondary N) is 1. The first kappa shape index (κ1) is 23.6. The van der Waals surface area contributed by atoms with E-state index in [1.807, 2.05) is 5.32 Å². The molecule has 4 nitrogen and oxygen atoms in total. The summed E-state index contributed by atoms with van der Waals surface area (Å²) in [6, 6.07) is 0.709. The zero-order chi connectivity index (χ0) is 24.1. The number of hydrogen-bond donors (Lipinski definition) is 1. The quantitative estimate of drug-likeness (QED) is 0.435. The van der Waals surface area contributed by atoms with Crippen molar-refractivity contribution in [2.45, 2.75) is 25.5 Å². The molecule has 0 spiro atoms. The minimum Gasteiger partial charge on any atom is -0.325 e. The summed E-state index contributed by atoms with van der Waals surface area (Å²) in [6.07, 6.45) is -15.5. The minimum absolute atomic E-state index is 0.0456. The van der Waals surface area contributed by atoms with Gasteiger partial charge in [-0.05, 0) is 36.1 Å². The van der Waals surface area contributed by atoms with Gasteiger partial charge in [0.15, 0.2) is 5.69 Å². The molecule has 0 radical (unpaired) electrons. The standard InChI is InChI=1S/C18H10F9N3OS/c1-8-6-32-7-12(8)30-14(31)5-13(18(25,26)27)29-15(30)28-11-3-2-9(16(19,20)21)4-10(11)17(22,23)24/h2-7H,1H3,(H,28,29). The van der Waals surface area contributed by atoms with E-state index in [0.29, 0.717) is 22.3 Å². The van der Waals surface area contributed by atoms with Crippen molar-refractivity contribution in [2.75, 3.05) is 5.32 Å². The van der Waals surface area contributed by atoms with Crippen LogP contribution in [0.3, 0.4) is 0 Å². The van der Waals surface area contributed by atoms with E-state index in [9.17, 15) is 44.3 Å². The van der Waals surface area contributed by atoms with Gasteiger partial charge in [-0.15, -0.1) is 11.3 Å². The number of hydrogen-bond acceptors (Lipinski definition) is 4. The summed E-state index contributed by atoms with van der Waals surface area (Å²) < 4.78 is 119. The highest BCUT2D eigenvalue weighted by atomic mass is 32.1. The summed E-state index contributed by atoms with van der Waals surface area (Å²) in [5.74, 6) is -0.948. The second kappa shape index (κ2) is 7.83. The Hall–Kier alpha value is -3.03. The Labute approximate surface area is 176 Å². The van der Waals surface area contributed by atoms with Crippen molar-refractivity contribution in [3.8, 4) is 5.69 Å². The number of alkyl halides is 9. The number of rotatable bonds is 3. The highest BCUT2D eigenvalue weighted by molar-refractivity contribution is 7.08. The highest BCUT2D eigenvalue weighted by Gasteiger charge is 2.39. The molecule has 172 valence electrons. The predicted molar refractivity (Wildman–Crippen MR) is 97.2 cm³/mol. The van der Waals surface area contributed by atoms with E-state index >= 15 is 0 Å². The van der Waals surface area contributed by atoms with Crippen LogP contribution in [-0.2, 0) is 18.5 Å². The zero-order valence-electron chi connectivity index (χ0n) is 15.6. The van der Waals surface area contributed by atoms with Gasteiger partial charge >= 0.3 is 18.5 Å². The number of nitrogens with zero attached hydrogens (tertiary/aromatic N) is 2. The van der Waals surface area contributed by atoms with Crippen LogP contribution in [0.2, 0.25) is 0 Å². The molecule has 0 aliphatic heterocycles. The Morgan fingerprint density at radius 2 is 1.56 bits per heavy atom. The van der Waals surface area contributed by atoms with Gasteiger partial charge in [0.25, 0.3) is 5.56 Å². The normalized spacial score (nSPS) is 12.8. The Bertz CT molecular complexity index is 1210. The molecule has 0 saturated carbocycles. The number of anilines is 2. The minimum atomic E-state index is -5.30. The van der Waals surface area contributed by atoms with Crippen LogP contribution in [-0.4, -0.2) is 9.55 Å². The van der Waals surface area contributed by atoms with Crippen molar-refractivity contribution in [1.29, 1.82) is 0 Å². The Morgan fingerprint density at radius 1 is 0.906 bits per heavy atom. The van der Waals surface area contributed by atoms with Crippen LogP contribution in [0.25, 0.3) is 5.69 Å². The van der Waals surface area contributed by atoms with Crippen LogP contribution in [0, 0.1) is 6.92 Å². The molecule has 0 unspecified atom stereocenters. The Kier molecular flexibility index (Phi) is 5.78. The van der Waals surface area contributed by atoms with E-state index in [2.05, 4.69) is 4.98 Å². The number of thiophene rings is 1. The molecule has 3 aromatic rings. The van der Waals surface area contributed by atoms with E-state index < -0.39 is 52.5 Å². The molecule has 2 aromatic heterocycles. The lowest BCUT2D eigenvalue weighted by Gasteiger charge is -2.19. The average Bonchev–Trinajstić information content (AvgIpc) is 3.04. The molecular formula is C18H10F9N3OS. The number of aromatic nitrogens is 2. The van der Waals surface area contributed by atoms with Crippen LogP contribution >= 0.6 is 11.3 Å². The van der Waals surface area contributed by atoms with Crippen molar-refractivity contribution in [2.24, 2.45) is 0 Å². The third kappa shape index (κ3) is 4.74. The predicted octanol–water partition coefficient (Wildman–Crippen LogP) is 6.40. The van der Waals surface area contributed by atoms with Crippen molar-refractivity contribution < 1.29 is 39.5 Å². The van der Waals surface area contributed by atoms with Crippen LogP contribution in [0.15, 0.2) is 39.8 Å². The first-order valence-corrected chi connectivity index (χ1v) is 9.33. The van der Waals surface area contributed by atoms with Crippen molar-refractivity contribution in [1.82, 2.24) is 9.55 Å².